The second kappa shape index (κ2) is 8.80. The van der Waals surface area contributed by atoms with E-state index < -0.39 is 6.04 Å². The highest BCUT2D eigenvalue weighted by molar-refractivity contribution is 7.13. The molecule has 166 valence electrons. The Balaban J connectivity index is 1.59. The van der Waals surface area contributed by atoms with Crippen molar-refractivity contribution in [1.82, 2.24) is 20.4 Å². The fourth-order valence-corrected chi connectivity index (χ4v) is 4.54. The van der Waals surface area contributed by atoms with Crippen LogP contribution < -0.4 is 5.32 Å². The van der Waals surface area contributed by atoms with Gasteiger partial charge in [0.1, 0.15) is 5.82 Å². The summed E-state index contributed by atoms with van der Waals surface area (Å²) in [5, 5.41) is 9.70. The van der Waals surface area contributed by atoms with Crippen LogP contribution in [-0.4, -0.2) is 21.1 Å². The number of allylic oxidation sites excluding steroid dienone is 1. The van der Waals surface area contributed by atoms with Crippen LogP contribution in [0.3, 0.4) is 0 Å². The molecule has 2 aromatic heterocycles. The molecule has 0 bridgehead atoms. The molecule has 1 unspecified atom stereocenters. The minimum Gasteiger partial charge on any atom is -0.334 e. The maximum atomic E-state index is 13.6. The molecule has 1 atom stereocenters. The molecule has 5 rings (SSSR count). The maximum absolute atomic E-state index is 13.6. The van der Waals surface area contributed by atoms with Gasteiger partial charge in [0.15, 0.2) is 0 Å². The minimum absolute atomic E-state index is 0.279. The Morgan fingerprint density at radius 1 is 1.15 bits per heavy atom. The van der Waals surface area contributed by atoms with Crippen molar-refractivity contribution < 1.29 is 13.7 Å². The van der Waals surface area contributed by atoms with Crippen LogP contribution in [0.4, 0.5) is 9.18 Å². The molecule has 1 aliphatic rings. The van der Waals surface area contributed by atoms with Crippen molar-refractivity contribution in [3.63, 3.8) is 0 Å². The lowest BCUT2D eigenvalue weighted by Gasteiger charge is -2.35. The molecular formula is C24H18ClFN4O2S. The Kier molecular flexibility index (Phi) is 5.70. The van der Waals surface area contributed by atoms with Gasteiger partial charge in [0, 0.05) is 10.7 Å². The van der Waals surface area contributed by atoms with Crippen LogP contribution in [-0.2, 0) is 6.54 Å². The van der Waals surface area contributed by atoms with E-state index in [0.29, 0.717) is 40.1 Å². The molecule has 3 heterocycles. The molecule has 0 saturated carbocycles. The predicted octanol–water partition coefficient (Wildman–Crippen LogP) is 6.29. The number of hydrogen-bond donors (Lipinski definition) is 1. The Bertz CT molecular complexity index is 1320. The number of aromatic nitrogens is 2. The van der Waals surface area contributed by atoms with Gasteiger partial charge >= 0.3 is 6.03 Å². The highest BCUT2D eigenvalue weighted by atomic mass is 35.5. The number of carbonyl (C=O) groups excluding carboxylic acids is 1. The zero-order valence-electron chi connectivity index (χ0n) is 17.5. The Hall–Kier alpha value is -3.49. The maximum Gasteiger partial charge on any atom is 0.322 e. The van der Waals surface area contributed by atoms with E-state index in [1.807, 2.05) is 36.6 Å². The van der Waals surface area contributed by atoms with Gasteiger partial charge in [-0.25, -0.2) is 9.18 Å². The van der Waals surface area contributed by atoms with E-state index in [9.17, 15) is 9.18 Å². The SMILES string of the molecule is CC1=C(c2nc(-c3cccs3)no2)C(c2ccc(F)cc2)NC(=O)N1Cc1ccc(Cl)cc1. The van der Waals surface area contributed by atoms with Gasteiger partial charge in [0.2, 0.25) is 5.82 Å². The van der Waals surface area contributed by atoms with E-state index in [-0.39, 0.29) is 11.8 Å². The van der Waals surface area contributed by atoms with E-state index in [2.05, 4.69) is 15.5 Å². The summed E-state index contributed by atoms with van der Waals surface area (Å²) < 4.78 is 19.2. The lowest BCUT2D eigenvalue weighted by molar-refractivity contribution is 0.203. The van der Waals surface area contributed by atoms with Crippen molar-refractivity contribution in [2.45, 2.75) is 19.5 Å². The number of hydrogen-bond acceptors (Lipinski definition) is 5. The van der Waals surface area contributed by atoms with Gasteiger partial charge in [-0.05, 0) is 53.8 Å². The Morgan fingerprint density at radius 2 is 1.91 bits per heavy atom. The van der Waals surface area contributed by atoms with Crippen molar-refractivity contribution >= 4 is 34.5 Å². The lowest BCUT2D eigenvalue weighted by atomic mass is 9.94. The second-order valence-electron chi connectivity index (χ2n) is 7.55. The third-order valence-electron chi connectivity index (χ3n) is 5.45. The van der Waals surface area contributed by atoms with Crippen LogP contribution >= 0.6 is 22.9 Å². The number of halogens is 2. The van der Waals surface area contributed by atoms with Gasteiger partial charge in [0.05, 0.1) is 23.0 Å². The lowest BCUT2D eigenvalue weighted by Crippen LogP contribution is -2.45. The first-order chi connectivity index (χ1) is 16.0. The molecule has 2 amide bonds. The summed E-state index contributed by atoms with van der Waals surface area (Å²) in [4.78, 5) is 20.2. The van der Waals surface area contributed by atoms with Gasteiger partial charge < -0.3 is 9.84 Å². The smallest absolute Gasteiger partial charge is 0.322 e. The van der Waals surface area contributed by atoms with Crippen molar-refractivity contribution in [2.24, 2.45) is 0 Å². The Morgan fingerprint density at radius 3 is 2.61 bits per heavy atom. The van der Waals surface area contributed by atoms with Crippen molar-refractivity contribution in [3.8, 4) is 10.7 Å². The van der Waals surface area contributed by atoms with Crippen LogP contribution in [0.2, 0.25) is 5.02 Å². The second-order valence-corrected chi connectivity index (χ2v) is 8.93. The molecule has 4 aromatic rings. The normalized spacial score (nSPS) is 16.3. The number of nitrogens with one attached hydrogen (secondary N) is 1. The molecular weight excluding hydrogens is 463 g/mol. The van der Waals surface area contributed by atoms with Gasteiger partial charge in [-0.15, -0.1) is 11.3 Å². The largest absolute Gasteiger partial charge is 0.334 e. The zero-order valence-corrected chi connectivity index (χ0v) is 19.0. The van der Waals surface area contributed by atoms with Crippen molar-refractivity contribution in [3.05, 3.63) is 99.6 Å². The summed E-state index contributed by atoms with van der Waals surface area (Å²) in [5.74, 6) is 0.413. The topological polar surface area (TPSA) is 71.3 Å². The summed E-state index contributed by atoms with van der Waals surface area (Å²) in [7, 11) is 0. The van der Waals surface area contributed by atoms with Crippen LogP contribution in [0.1, 0.15) is 30.0 Å². The van der Waals surface area contributed by atoms with Gasteiger partial charge in [-0.1, -0.05) is 47.1 Å². The highest BCUT2D eigenvalue weighted by Gasteiger charge is 2.35. The number of thiophene rings is 1. The van der Waals surface area contributed by atoms with E-state index >= 15 is 0 Å². The molecule has 9 heteroatoms. The minimum atomic E-state index is -0.573. The standard InChI is InChI=1S/C24H18ClFN4O2S/c1-14-20(23-28-22(29-32-23)19-3-2-12-33-19)21(16-6-10-18(26)11-7-16)27-24(31)30(14)13-15-4-8-17(25)9-5-15/h2-12,21H,13H2,1H3,(H,27,31). The first kappa shape index (κ1) is 21.4. The Labute approximate surface area is 198 Å². The molecule has 33 heavy (non-hydrogen) atoms. The van der Waals surface area contributed by atoms with E-state index in [4.69, 9.17) is 16.1 Å². The number of amides is 2. The summed E-state index contributed by atoms with van der Waals surface area (Å²) in [6.45, 7) is 2.18. The number of urea groups is 1. The van der Waals surface area contributed by atoms with Gasteiger partial charge in [-0.3, -0.25) is 4.90 Å². The molecule has 0 aliphatic carbocycles. The van der Waals surface area contributed by atoms with Gasteiger partial charge in [0.25, 0.3) is 5.89 Å². The molecule has 0 saturated heterocycles. The van der Waals surface area contributed by atoms with E-state index in [0.717, 1.165) is 10.4 Å². The molecule has 0 radical (unpaired) electrons. The third-order valence-corrected chi connectivity index (χ3v) is 6.57. The van der Waals surface area contributed by atoms with Crippen LogP contribution in [0.15, 0.2) is 76.3 Å². The van der Waals surface area contributed by atoms with Crippen LogP contribution in [0.5, 0.6) is 0 Å². The fraction of sp³-hybridized carbons (Fsp3) is 0.125. The molecule has 2 aromatic carbocycles. The number of nitrogens with zero attached hydrogens (tertiary/aromatic N) is 3. The summed E-state index contributed by atoms with van der Waals surface area (Å²) in [6, 6.07) is 16.3. The first-order valence-electron chi connectivity index (χ1n) is 10.2. The number of benzene rings is 2. The van der Waals surface area contributed by atoms with Crippen molar-refractivity contribution in [1.29, 1.82) is 0 Å². The molecule has 1 aliphatic heterocycles. The highest BCUT2D eigenvalue weighted by Crippen LogP contribution is 2.38. The first-order valence-corrected chi connectivity index (χ1v) is 11.4. The van der Waals surface area contributed by atoms with Crippen LogP contribution in [0, 0.1) is 5.82 Å². The summed E-state index contributed by atoms with van der Waals surface area (Å²) in [5.41, 5.74) is 2.95. The average Bonchev–Trinajstić information content (AvgIpc) is 3.50. The summed E-state index contributed by atoms with van der Waals surface area (Å²) >= 11 is 7.51. The zero-order chi connectivity index (χ0) is 22.9. The molecule has 0 spiro atoms. The van der Waals surface area contributed by atoms with Crippen molar-refractivity contribution in [2.75, 3.05) is 0 Å². The quantitative estimate of drug-likeness (QED) is 0.364. The number of rotatable bonds is 5. The third kappa shape index (κ3) is 4.27. The molecule has 1 N–H and O–H groups in total. The monoisotopic (exact) mass is 480 g/mol. The van der Waals surface area contributed by atoms with E-state index in [1.54, 1.807) is 29.2 Å². The molecule has 0 fully saturated rings. The molecule has 6 nitrogen and oxygen atoms in total. The predicted molar refractivity (Wildman–Crippen MR) is 125 cm³/mol. The fourth-order valence-electron chi connectivity index (χ4n) is 3.77. The number of carbonyl (C=O) groups is 1. The summed E-state index contributed by atoms with van der Waals surface area (Å²) in [6.07, 6.45) is 0. The van der Waals surface area contributed by atoms with Gasteiger partial charge in [-0.2, -0.15) is 4.98 Å². The van der Waals surface area contributed by atoms with Crippen LogP contribution in [0.25, 0.3) is 16.3 Å². The average molecular weight is 481 g/mol. The van der Waals surface area contributed by atoms with E-state index in [1.165, 1.54) is 23.5 Å².